The molecule has 0 spiro atoms. The molecule has 0 aliphatic carbocycles. The molecular formula is C20H18F3N3O3. The summed E-state index contributed by atoms with van der Waals surface area (Å²) < 4.78 is 43.5. The summed E-state index contributed by atoms with van der Waals surface area (Å²) in [7, 11) is 0. The molecule has 1 amide bonds. The van der Waals surface area contributed by atoms with Crippen molar-refractivity contribution in [2.45, 2.75) is 25.2 Å². The maximum Gasteiger partial charge on any atom is 0.416 e. The van der Waals surface area contributed by atoms with E-state index in [1.165, 1.54) is 24.3 Å². The van der Waals surface area contributed by atoms with Gasteiger partial charge in [0, 0.05) is 6.54 Å². The Labute approximate surface area is 164 Å². The van der Waals surface area contributed by atoms with Crippen LogP contribution in [0.1, 0.15) is 39.1 Å². The highest BCUT2D eigenvalue weighted by Crippen LogP contribution is 2.29. The predicted molar refractivity (Wildman–Crippen MR) is 97.9 cm³/mol. The van der Waals surface area contributed by atoms with Gasteiger partial charge < -0.3 is 20.6 Å². The van der Waals surface area contributed by atoms with Gasteiger partial charge >= 0.3 is 6.18 Å². The summed E-state index contributed by atoms with van der Waals surface area (Å²) in [6, 6.07) is 10.6. The first-order chi connectivity index (χ1) is 13.7. The van der Waals surface area contributed by atoms with Crippen LogP contribution in [0.15, 0.2) is 59.2 Å². The zero-order valence-electron chi connectivity index (χ0n) is 15.1. The van der Waals surface area contributed by atoms with Gasteiger partial charge in [0.05, 0.1) is 11.6 Å². The normalized spacial score (nSPS) is 12.6. The molecule has 9 heteroatoms. The zero-order valence-corrected chi connectivity index (χ0v) is 15.1. The van der Waals surface area contributed by atoms with Gasteiger partial charge in [-0.2, -0.15) is 13.2 Å². The number of aromatic nitrogens is 1. The van der Waals surface area contributed by atoms with E-state index in [0.29, 0.717) is 12.0 Å². The number of carbonyl (C=O) groups excluding carboxylic acids is 1. The number of carbonyl (C=O) groups is 1. The lowest BCUT2D eigenvalue weighted by atomic mass is 10.1. The first-order valence-corrected chi connectivity index (χ1v) is 8.65. The number of amides is 1. The van der Waals surface area contributed by atoms with Crippen LogP contribution in [0.4, 0.5) is 13.2 Å². The van der Waals surface area contributed by atoms with Gasteiger partial charge in [-0.05, 0) is 41.8 Å². The van der Waals surface area contributed by atoms with Gasteiger partial charge in [0.15, 0.2) is 5.69 Å². The zero-order chi connectivity index (χ0) is 21.0. The second kappa shape index (κ2) is 8.36. The van der Waals surface area contributed by atoms with E-state index in [1.807, 2.05) is 0 Å². The predicted octanol–water partition coefficient (Wildman–Crippen LogP) is 3.57. The number of nitrogens with two attached hydrogens (primary N) is 1. The third kappa shape index (κ3) is 5.35. The van der Waals surface area contributed by atoms with Crippen LogP contribution in [0.25, 0.3) is 0 Å². The van der Waals surface area contributed by atoms with Gasteiger partial charge in [-0.15, -0.1) is 0 Å². The Morgan fingerprint density at radius 3 is 2.59 bits per heavy atom. The molecule has 152 valence electrons. The molecule has 1 atom stereocenters. The highest BCUT2D eigenvalue weighted by Gasteiger charge is 2.30. The summed E-state index contributed by atoms with van der Waals surface area (Å²) in [5, 5.41) is 11.8. The van der Waals surface area contributed by atoms with Crippen molar-refractivity contribution in [2.75, 3.05) is 0 Å². The number of oxazole rings is 1. The van der Waals surface area contributed by atoms with Crippen molar-refractivity contribution in [3.63, 3.8) is 0 Å². The summed E-state index contributed by atoms with van der Waals surface area (Å²) in [6.07, 6.45) is -2.92. The number of nitrogens with zero attached hydrogens (tertiary/aromatic N) is 1. The number of aromatic hydroxyl groups is 1. The first-order valence-electron chi connectivity index (χ1n) is 8.65. The molecule has 0 aliphatic heterocycles. The van der Waals surface area contributed by atoms with Gasteiger partial charge in [0.1, 0.15) is 12.0 Å². The van der Waals surface area contributed by atoms with Crippen molar-refractivity contribution in [2.24, 2.45) is 5.73 Å². The van der Waals surface area contributed by atoms with E-state index in [0.717, 1.165) is 24.0 Å². The fourth-order valence-corrected chi connectivity index (χ4v) is 2.67. The average Bonchev–Trinajstić information content (AvgIpc) is 3.18. The van der Waals surface area contributed by atoms with Crippen LogP contribution in [0.2, 0.25) is 0 Å². The molecule has 1 unspecified atom stereocenters. The molecule has 0 aliphatic rings. The summed E-state index contributed by atoms with van der Waals surface area (Å²) in [5.41, 5.74) is 6.40. The molecule has 2 aromatic carbocycles. The SMILES string of the molecule is NC(Cc1ccc(O)cc1)c1nc(C(=O)NCc2cccc(C(F)(F)F)c2)co1. The minimum absolute atomic E-state index is 0.0202. The molecule has 3 rings (SSSR count). The van der Waals surface area contributed by atoms with E-state index >= 15 is 0 Å². The third-order valence-corrected chi connectivity index (χ3v) is 4.17. The molecule has 6 nitrogen and oxygen atoms in total. The Kier molecular flexibility index (Phi) is 5.88. The van der Waals surface area contributed by atoms with Crippen LogP contribution in [0, 0.1) is 0 Å². The number of nitrogens with one attached hydrogen (secondary N) is 1. The van der Waals surface area contributed by atoms with Crippen LogP contribution in [0.3, 0.4) is 0 Å². The number of phenols is 1. The number of hydrogen-bond donors (Lipinski definition) is 3. The monoisotopic (exact) mass is 405 g/mol. The number of halogens is 3. The van der Waals surface area contributed by atoms with Gasteiger partial charge in [-0.1, -0.05) is 24.3 Å². The number of benzene rings is 2. The van der Waals surface area contributed by atoms with E-state index in [4.69, 9.17) is 10.2 Å². The van der Waals surface area contributed by atoms with Crippen molar-refractivity contribution >= 4 is 5.91 Å². The summed E-state index contributed by atoms with van der Waals surface area (Å²) >= 11 is 0. The number of hydrogen-bond acceptors (Lipinski definition) is 5. The Morgan fingerprint density at radius 2 is 1.90 bits per heavy atom. The van der Waals surface area contributed by atoms with Crippen LogP contribution in [-0.4, -0.2) is 16.0 Å². The number of alkyl halides is 3. The van der Waals surface area contributed by atoms with E-state index < -0.39 is 23.7 Å². The minimum atomic E-state index is -4.45. The van der Waals surface area contributed by atoms with Crippen LogP contribution >= 0.6 is 0 Å². The largest absolute Gasteiger partial charge is 0.508 e. The smallest absolute Gasteiger partial charge is 0.416 e. The van der Waals surface area contributed by atoms with Crippen molar-refractivity contribution in [1.82, 2.24) is 10.3 Å². The van der Waals surface area contributed by atoms with Crippen molar-refractivity contribution in [3.05, 3.63) is 83.1 Å². The van der Waals surface area contributed by atoms with Gasteiger partial charge in [0.25, 0.3) is 5.91 Å². The van der Waals surface area contributed by atoms with E-state index in [-0.39, 0.29) is 23.9 Å². The van der Waals surface area contributed by atoms with Gasteiger partial charge in [-0.3, -0.25) is 4.79 Å². The van der Waals surface area contributed by atoms with Crippen molar-refractivity contribution in [3.8, 4) is 5.75 Å². The first kappa shape index (κ1) is 20.4. The lowest BCUT2D eigenvalue weighted by Gasteiger charge is -2.09. The molecule has 1 aromatic heterocycles. The summed E-state index contributed by atoms with van der Waals surface area (Å²) in [4.78, 5) is 16.3. The fraction of sp³-hybridized carbons (Fsp3) is 0.200. The quantitative estimate of drug-likeness (QED) is 0.582. The Balaban J connectivity index is 1.60. The second-order valence-corrected chi connectivity index (χ2v) is 6.43. The number of phenolic OH excluding ortho intramolecular Hbond substituents is 1. The second-order valence-electron chi connectivity index (χ2n) is 6.43. The molecule has 4 N–H and O–H groups in total. The molecule has 0 saturated heterocycles. The van der Waals surface area contributed by atoms with Crippen molar-refractivity contribution < 1.29 is 27.5 Å². The minimum Gasteiger partial charge on any atom is -0.508 e. The fourth-order valence-electron chi connectivity index (χ4n) is 2.67. The highest BCUT2D eigenvalue weighted by molar-refractivity contribution is 5.91. The Hall–Kier alpha value is -3.33. The standard InChI is InChI=1S/C20H18F3N3O3/c21-20(22,23)14-3-1-2-13(8-14)10-25-18(28)17-11-29-19(26-17)16(24)9-12-4-6-15(27)7-5-12/h1-8,11,16,27H,9-10,24H2,(H,25,28). The molecule has 3 aromatic rings. The molecule has 0 saturated carbocycles. The summed E-state index contributed by atoms with van der Waals surface area (Å²) in [6.45, 7) is -0.0927. The number of rotatable bonds is 6. The van der Waals surface area contributed by atoms with Crippen LogP contribution < -0.4 is 11.1 Å². The van der Waals surface area contributed by atoms with E-state index in [2.05, 4.69) is 10.3 Å². The molecule has 29 heavy (non-hydrogen) atoms. The Bertz CT molecular complexity index is 984. The summed E-state index contributed by atoms with van der Waals surface area (Å²) in [5.74, 6) is -0.297. The van der Waals surface area contributed by atoms with Crippen molar-refractivity contribution in [1.29, 1.82) is 0 Å². The lowest BCUT2D eigenvalue weighted by molar-refractivity contribution is -0.137. The molecule has 1 heterocycles. The van der Waals surface area contributed by atoms with E-state index in [1.54, 1.807) is 12.1 Å². The highest BCUT2D eigenvalue weighted by atomic mass is 19.4. The van der Waals surface area contributed by atoms with Crippen LogP contribution in [-0.2, 0) is 19.1 Å². The van der Waals surface area contributed by atoms with Gasteiger partial charge in [-0.25, -0.2) is 4.98 Å². The molecule has 0 bridgehead atoms. The molecule has 0 fully saturated rings. The Morgan fingerprint density at radius 1 is 1.17 bits per heavy atom. The average molecular weight is 405 g/mol. The third-order valence-electron chi connectivity index (χ3n) is 4.17. The molecular weight excluding hydrogens is 387 g/mol. The maximum absolute atomic E-state index is 12.8. The van der Waals surface area contributed by atoms with Gasteiger partial charge in [0.2, 0.25) is 5.89 Å². The van der Waals surface area contributed by atoms with E-state index in [9.17, 15) is 23.1 Å². The lowest BCUT2D eigenvalue weighted by Crippen LogP contribution is -2.23. The maximum atomic E-state index is 12.8. The topological polar surface area (TPSA) is 101 Å². The van der Waals surface area contributed by atoms with Crippen LogP contribution in [0.5, 0.6) is 5.75 Å². The molecule has 0 radical (unpaired) electrons.